The molecule has 2 rings (SSSR count). The van der Waals surface area contributed by atoms with Crippen LogP contribution in [0.2, 0.25) is 5.15 Å². The molecular formula is C12H18ClN3O2S. The molecule has 1 unspecified atom stereocenters. The summed E-state index contributed by atoms with van der Waals surface area (Å²) in [6, 6.07) is 2.98. The summed E-state index contributed by atoms with van der Waals surface area (Å²) in [7, 11) is -3.59. The molecule has 0 spiro atoms. The van der Waals surface area contributed by atoms with Crippen molar-refractivity contribution in [3.63, 3.8) is 0 Å². The maximum Gasteiger partial charge on any atom is 0.243 e. The van der Waals surface area contributed by atoms with Gasteiger partial charge >= 0.3 is 0 Å². The van der Waals surface area contributed by atoms with Gasteiger partial charge in [-0.3, -0.25) is 0 Å². The Morgan fingerprint density at radius 1 is 1.58 bits per heavy atom. The first-order valence-electron chi connectivity index (χ1n) is 6.38. The predicted molar refractivity (Wildman–Crippen MR) is 74.7 cm³/mol. The van der Waals surface area contributed by atoms with Crippen LogP contribution in [0.25, 0.3) is 0 Å². The number of nitrogens with zero attached hydrogens (tertiary/aromatic N) is 2. The lowest BCUT2D eigenvalue weighted by Crippen LogP contribution is -2.47. The summed E-state index contributed by atoms with van der Waals surface area (Å²) in [6.45, 7) is 4.79. The molecule has 0 radical (unpaired) electrons. The van der Waals surface area contributed by atoms with E-state index in [1.54, 1.807) is 6.07 Å². The van der Waals surface area contributed by atoms with E-state index in [0.717, 1.165) is 32.5 Å². The van der Waals surface area contributed by atoms with Crippen LogP contribution in [0.4, 0.5) is 0 Å². The van der Waals surface area contributed by atoms with Crippen LogP contribution in [0.5, 0.6) is 0 Å². The SMILES string of the molecule is CCN1CCCC(NS(=O)(=O)c2cccnc2Cl)C1. The van der Waals surface area contributed by atoms with E-state index < -0.39 is 10.0 Å². The minimum atomic E-state index is -3.59. The molecular weight excluding hydrogens is 286 g/mol. The second-order valence-corrected chi connectivity index (χ2v) is 6.69. The van der Waals surface area contributed by atoms with Crippen molar-refractivity contribution in [2.24, 2.45) is 0 Å². The highest BCUT2D eigenvalue weighted by atomic mass is 35.5. The molecule has 1 atom stereocenters. The molecule has 7 heteroatoms. The number of hydrogen-bond donors (Lipinski definition) is 1. The summed E-state index contributed by atoms with van der Waals surface area (Å²) < 4.78 is 27.2. The van der Waals surface area contributed by atoms with Crippen molar-refractivity contribution < 1.29 is 8.42 Å². The van der Waals surface area contributed by atoms with E-state index >= 15 is 0 Å². The van der Waals surface area contributed by atoms with Gasteiger partial charge in [0.05, 0.1) is 0 Å². The summed E-state index contributed by atoms with van der Waals surface area (Å²) in [5.74, 6) is 0. The molecule has 0 bridgehead atoms. The van der Waals surface area contributed by atoms with Gasteiger partial charge in [-0.05, 0) is 38.1 Å². The molecule has 19 heavy (non-hydrogen) atoms. The van der Waals surface area contributed by atoms with Crippen molar-refractivity contribution in [1.29, 1.82) is 0 Å². The Kier molecular flexibility index (Phi) is 4.78. The molecule has 1 N–H and O–H groups in total. The highest BCUT2D eigenvalue weighted by Gasteiger charge is 2.26. The zero-order valence-corrected chi connectivity index (χ0v) is 12.4. The molecule has 0 saturated carbocycles. The summed E-state index contributed by atoms with van der Waals surface area (Å²) in [5.41, 5.74) is 0. The predicted octanol–water partition coefficient (Wildman–Crippen LogP) is 1.50. The van der Waals surface area contributed by atoms with Gasteiger partial charge in [0, 0.05) is 18.8 Å². The van der Waals surface area contributed by atoms with Crippen molar-refractivity contribution in [2.45, 2.75) is 30.7 Å². The van der Waals surface area contributed by atoms with Gasteiger partial charge < -0.3 is 4.90 Å². The fraction of sp³-hybridized carbons (Fsp3) is 0.583. The number of sulfonamides is 1. The van der Waals surface area contributed by atoms with E-state index in [-0.39, 0.29) is 16.1 Å². The number of hydrogen-bond acceptors (Lipinski definition) is 4. The van der Waals surface area contributed by atoms with Gasteiger partial charge in [0.2, 0.25) is 10.0 Å². The molecule has 1 aromatic heterocycles. The van der Waals surface area contributed by atoms with Crippen LogP contribution in [0.15, 0.2) is 23.2 Å². The number of rotatable bonds is 4. The zero-order valence-electron chi connectivity index (χ0n) is 10.8. The molecule has 1 fully saturated rings. The third-order valence-electron chi connectivity index (χ3n) is 3.29. The number of piperidine rings is 1. The second kappa shape index (κ2) is 6.17. The quantitative estimate of drug-likeness (QED) is 0.856. The highest BCUT2D eigenvalue weighted by Crippen LogP contribution is 2.19. The Labute approximate surface area is 119 Å². The third-order valence-corrected chi connectivity index (χ3v) is 5.25. The second-order valence-electron chi connectivity index (χ2n) is 4.65. The van der Waals surface area contributed by atoms with E-state index in [4.69, 9.17) is 11.6 Å². The minimum absolute atomic E-state index is 0.0122. The van der Waals surface area contributed by atoms with Gasteiger partial charge in [-0.15, -0.1) is 0 Å². The minimum Gasteiger partial charge on any atom is -0.302 e. The molecule has 5 nitrogen and oxygen atoms in total. The fourth-order valence-corrected chi connectivity index (χ4v) is 4.01. The number of pyridine rings is 1. The number of likely N-dealkylation sites (N-methyl/N-ethyl adjacent to an activating group) is 1. The smallest absolute Gasteiger partial charge is 0.243 e. The number of likely N-dealkylation sites (tertiary alicyclic amines) is 1. The Hall–Kier alpha value is -0.690. The Morgan fingerprint density at radius 3 is 3.05 bits per heavy atom. The van der Waals surface area contributed by atoms with Crippen LogP contribution >= 0.6 is 11.6 Å². The lowest BCUT2D eigenvalue weighted by Gasteiger charge is -2.32. The first-order chi connectivity index (χ1) is 9.03. The van der Waals surface area contributed by atoms with E-state index in [0.29, 0.717) is 0 Å². The first kappa shape index (κ1) is 14.7. The molecule has 1 saturated heterocycles. The number of aromatic nitrogens is 1. The van der Waals surface area contributed by atoms with Crippen molar-refractivity contribution >= 4 is 21.6 Å². The van der Waals surface area contributed by atoms with Crippen LogP contribution in [-0.2, 0) is 10.0 Å². The van der Waals surface area contributed by atoms with Crippen molar-refractivity contribution in [2.75, 3.05) is 19.6 Å². The Balaban J connectivity index is 2.11. The number of halogens is 1. The fourth-order valence-electron chi connectivity index (χ4n) is 2.29. The lowest BCUT2D eigenvalue weighted by molar-refractivity contribution is 0.211. The monoisotopic (exact) mass is 303 g/mol. The molecule has 2 heterocycles. The summed E-state index contributed by atoms with van der Waals surface area (Å²) in [5, 5.41) is 0.0122. The van der Waals surface area contributed by atoms with Crippen LogP contribution < -0.4 is 4.72 Å². The molecule has 0 aliphatic carbocycles. The third kappa shape index (κ3) is 3.66. The molecule has 0 aromatic carbocycles. The average Bonchev–Trinajstić information content (AvgIpc) is 2.38. The van der Waals surface area contributed by atoms with E-state index in [1.807, 2.05) is 0 Å². The summed E-state index contributed by atoms with van der Waals surface area (Å²) in [6.07, 6.45) is 3.33. The molecule has 1 aromatic rings. The zero-order chi connectivity index (χ0) is 13.9. The van der Waals surface area contributed by atoms with Crippen molar-refractivity contribution in [3.8, 4) is 0 Å². The van der Waals surface area contributed by atoms with Crippen molar-refractivity contribution in [1.82, 2.24) is 14.6 Å². The van der Waals surface area contributed by atoms with Gasteiger partial charge in [-0.2, -0.15) is 0 Å². The van der Waals surface area contributed by atoms with Crippen LogP contribution in [0.1, 0.15) is 19.8 Å². The first-order valence-corrected chi connectivity index (χ1v) is 8.24. The van der Waals surface area contributed by atoms with Crippen molar-refractivity contribution in [3.05, 3.63) is 23.5 Å². The van der Waals surface area contributed by atoms with E-state index in [9.17, 15) is 8.42 Å². The maximum atomic E-state index is 12.3. The molecule has 1 aliphatic rings. The molecule has 1 aliphatic heterocycles. The largest absolute Gasteiger partial charge is 0.302 e. The average molecular weight is 304 g/mol. The van der Waals surface area contributed by atoms with E-state index in [2.05, 4.69) is 21.5 Å². The van der Waals surface area contributed by atoms with Crippen LogP contribution in [-0.4, -0.2) is 44.0 Å². The standard InChI is InChI=1S/C12H18ClN3O2S/c1-2-16-8-4-5-10(9-16)15-19(17,18)11-6-3-7-14-12(11)13/h3,6-7,10,15H,2,4-5,8-9H2,1H3. The summed E-state index contributed by atoms with van der Waals surface area (Å²) >= 11 is 5.84. The lowest BCUT2D eigenvalue weighted by atomic mass is 10.1. The van der Waals surface area contributed by atoms with Gasteiger partial charge in [0.15, 0.2) is 0 Å². The van der Waals surface area contributed by atoms with Crippen LogP contribution in [0.3, 0.4) is 0 Å². The van der Waals surface area contributed by atoms with Crippen LogP contribution in [0, 0.1) is 0 Å². The molecule has 106 valence electrons. The Morgan fingerprint density at radius 2 is 2.37 bits per heavy atom. The topological polar surface area (TPSA) is 62.3 Å². The summed E-state index contributed by atoms with van der Waals surface area (Å²) in [4.78, 5) is 6.09. The highest BCUT2D eigenvalue weighted by molar-refractivity contribution is 7.89. The van der Waals surface area contributed by atoms with Gasteiger partial charge in [0.1, 0.15) is 10.0 Å². The number of nitrogens with one attached hydrogen (secondary N) is 1. The Bertz CT molecular complexity index is 536. The van der Waals surface area contributed by atoms with E-state index in [1.165, 1.54) is 12.3 Å². The normalized spacial score (nSPS) is 21.5. The maximum absolute atomic E-state index is 12.3. The van der Waals surface area contributed by atoms with Gasteiger partial charge in [-0.1, -0.05) is 18.5 Å². The van der Waals surface area contributed by atoms with Gasteiger partial charge in [-0.25, -0.2) is 18.1 Å². The van der Waals surface area contributed by atoms with Gasteiger partial charge in [0.25, 0.3) is 0 Å². The molecule has 0 amide bonds.